The zero-order chi connectivity index (χ0) is 34.4. The molecule has 0 saturated carbocycles. The van der Waals surface area contributed by atoms with Gasteiger partial charge in [0, 0.05) is 51.3 Å². The molecule has 0 fully saturated rings. The lowest BCUT2D eigenvalue weighted by Crippen LogP contribution is -2.41. The molecule has 0 aromatic heterocycles. The highest BCUT2D eigenvalue weighted by atomic mass is 35.5. The number of methoxy groups -OCH3 is 1. The number of carbonyl (C=O) groups is 3. The van der Waals surface area contributed by atoms with Crippen molar-refractivity contribution in [1.82, 2.24) is 31.9 Å². The molecule has 3 rings (SSSR count). The average molecular weight is 706 g/mol. The Morgan fingerprint density at radius 2 is 1.43 bits per heavy atom. The SMILES string of the molecule is COC(=O)[C@H](CCCN=C(N)N)NC(=O)CCCCCCCCCCNC(=O)c1cc(CNC2=NCCN2)cc(CNC2=NCCN2)c1.Cl. The monoisotopic (exact) mass is 705 g/mol. The number of hydrogen-bond acceptors (Lipinski definition) is 11. The van der Waals surface area contributed by atoms with Crippen molar-refractivity contribution in [1.29, 1.82) is 0 Å². The summed E-state index contributed by atoms with van der Waals surface area (Å²) in [7, 11) is 1.30. The Morgan fingerprint density at radius 1 is 0.857 bits per heavy atom. The molecule has 2 aliphatic heterocycles. The number of aliphatic imine (C=N–C) groups is 3. The number of nitrogens with one attached hydrogen (secondary N) is 6. The van der Waals surface area contributed by atoms with Gasteiger partial charge in [0.1, 0.15) is 6.04 Å². The van der Waals surface area contributed by atoms with Crippen LogP contribution in [0.4, 0.5) is 0 Å². The van der Waals surface area contributed by atoms with Crippen LogP contribution in [0.3, 0.4) is 0 Å². The minimum atomic E-state index is -0.696. The lowest BCUT2D eigenvalue weighted by atomic mass is 10.0. The highest BCUT2D eigenvalue weighted by Crippen LogP contribution is 2.13. The summed E-state index contributed by atoms with van der Waals surface area (Å²) in [6, 6.07) is 5.27. The van der Waals surface area contributed by atoms with E-state index < -0.39 is 12.0 Å². The highest BCUT2D eigenvalue weighted by Gasteiger charge is 2.20. The Balaban J connectivity index is 0.00000833. The summed E-state index contributed by atoms with van der Waals surface area (Å²) in [6.07, 6.45) is 9.41. The molecular weight excluding hydrogens is 650 g/mol. The van der Waals surface area contributed by atoms with Crippen LogP contribution < -0.4 is 43.4 Å². The highest BCUT2D eigenvalue weighted by molar-refractivity contribution is 5.94. The number of ether oxygens (including phenoxy) is 1. The van der Waals surface area contributed by atoms with E-state index in [4.69, 9.17) is 16.2 Å². The quantitative estimate of drug-likeness (QED) is 0.0372. The number of hydrogen-bond donors (Lipinski definition) is 8. The molecule has 1 atom stereocenters. The molecule has 0 radical (unpaired) electrons. The van der Waals surface area contributed by atoms with Crippen molar-refractivity contribution >= 4 is 48.1 Å². The summed E-state index contributed by atoms with van der Waals surface area (Å²) in [5.74, 6) is 0.882. The summed E-state index contributed by atoms with van der Waals surface area (Å²) in [4.78, 5) is 50.1. The minimum absolute atomic E-state index is 0. The Hall–Kier alpha value is -4.27. The van der Waals surface area contributed by atoms with E-state index in [1.807, 2.05) is 12.1 Å². The smallest absolute Gasteiger partial charge is 0.328 e. The first-order valence-corrected chi connectivity index (χ1v) is 17.2. The number of unbranched alkanes of at least 4 members (excludes halogenated alkanes) is 7. The lowest BCUT2D eigenvalue weighted by molar-refractivity contribution is -0.145. The van der Waals surface area contributed by atoms with Gasteiger partial charge in [0.05, 0.1) is 20.2 Å². The van der Waals surface area contributed by atoms with E-state index in [1.165, 1.54) is 7.11 Å². The second kappa shape index (κ2) is 24.0. The van der Waals surface area contributed by atoms with Crippen LogP contribution in [0.1, 0.15) is 92.1 Å². The largest absolute Gasteiger partial charge is 0.467 e. The van der Waals surface area contributed by atoms with Crippen molar-refractivity contribution in [3.63, 3.8) is 0 Å². The van der Waals surface area contributed by atoms with Crippen LogP contribution in [0.5, 0.6) is 0 Å². The van der Waals surface area contributed by atoms with E-state index in [0.717, 1.165) is 101 Å². The number of guanidine groups is 3. The fraction of sp³-hybridized carbons (Fsp3) is 0.636. The average Bonchev–Trinajstić information content (AvgIpc) is 3.81. The molecule has 0 aliphatic carbocycles. The number of amides is 2. The Bertz CT molecular complexity index is 1220. The van der Waals surface area contributed by atoms with Gasteiger partial charge in [-0.25, -0.2) is 4.79 Å². The molecule has 0 bridgehead atoms. The van der Waals surface area contributed by atoms with Gasteiger partial charge in [-0.05, 0) is 48.9 Å². The van der Waals surface area contributed by atoms with Crippen molar-refractivity contribution in [2.75, 3.05) is 46.4 Å². The minimum Gasteiger partial charge on any atom is -0.467 e. The van der Waals surface area contributed by atoms with Crippen molar-refractivity contribution < 1.29 is 19.1 Å². The summed E-state index contributed by atoms with van der Waals surface area (Å²) >= 11 is 0. The van der Waals surface area contributed by atoms with E-state index in [1.54, 1.807) is 0 Å². The van der Waals surface area contributed by atoms with E-state index in [9.17, 15) is 14.4 Å². The molecule has 0 saturated heterocycles. The number of carbonyl (C=O) groups excluding carboxylic acids is 3. The first-order chi connectivity index (χ1) is 23.3. The zero-order valence-corrected chi connectivity index (χ0v) is 29.6. The van der Waals surface area contributed by atoms with E-state index >= 15 is 0 Å². The van der Waals surface area contributed by atoms with Crippen molar-refractivity contribution in [3.05, 3.63) is 34.9 Å². The fourth-order valence-corrected chi connectivity index (χ4v) is 5.44. The second-order valence-electron chi connectivity index (χ2n) is 12.0. The molecule has 2 amide bonds. The summed E-state index contributed by atoms with van der Waals surface area (Å²) in [6.45, 7) is 5.37. The molecular formula is C33H56ClN11O4. The maximum atomic E-state index is 13.1. The first-order valence-electron chi connectivity index (χ1n) is 17.2. The Labute approximate surface area is 296 Å². The topological polar surface area (TPSA) is 222 Å². The van der Waals surface area contributed by atoms with Crippen LogP contribution in [0.2, 0.25) is 0 Å². The standard InChI is InChI=1S/C33H55N11O4.ClH/c1-48-30(47)27(11-10-14-37-31(34)35)44-28(45)12-8-6-4-2-3-5-7-9-13-36-29(46)26-20-24(22-42-32-38-15-16-39-32)19-25(21-26)23-43-33-40-17-18-41-33;/h19-21,27H,2-18,22-23H2,1H3,(H,36,46)(H,44,45)(H4,34,35,37)(H2,38,39,42)(H2,40,41,43);1H/t27-;/m0./s1. The van der Waals surface area contributed by atoms with Gasteiger partial charge in [0.25, 0.3) is 5.91 Å². The fourth-order valence-electron chi connectivity index (χ4n) is 5.44. The van der Waals surface area contributed by atoms with Crippen LogP contribution in [0, 0.1) is 0 Å². The molecule has 10 N–H and O–H groups in total. The van der Waals surface area contributed by atoms with Gasteiger partial charge in [0.15, 0.2) is 17.9 Å². The molecule has 0 spiro atoms. The number of nitrogens with two attached hydrogens (primary N) is 2. The van der Waals surface area contributed by atoms with Gasteiger partial charge in [-0.15, -0.1) is 12.4 Å². The molecule has 274 valence electrons. The normalized spacial score (nSPS) is 13.8. The maximum Gasteiger partial charge on any atom is 0.328 e. The molecule has 2 aliphatic rings. The van der Waals surface area contributed by atoms with Crippen LogP contribution in [-0.2, 0) is 27.4 Å². The summed E-state index contributed by atoms with van der Waals surface area (Å²) < 4.78 is 4.81. The second-order valence-corrected chi connectivity index (χ2v) is 12.0. The lowest BCUT2D eigenvalue weighted by Gasteiger charge is -2.16. The van der Waals surface area contributed by atoms with E-state index in [2.05, 4.69) is 52.9 Å². The van der Waals surface area contributed by atoms with Crippen LogP contribution in [0.25, 0.3) is 0 Å². The van der Waals surface area contributed by atoms with E-state index in [-0.39, 0.29) is 30.2 Å². The first kappa shape index (κ1) is 40.9. The Morgan fingerprint density at radius 3 is 1.96 bits per heavy atom. The van der Waals surface area contributed by atoms with Gasteiger partial charge in [0.2, 0.25) is 5.91 Å². The third-order valence-corrected chi connectivity index (χ3v) is 7.97. The molecule has 16 heteroatoms. The maximum absolute atomic E-state index is 13.1. The predicted octanol–water partition coefficient (Wildman–Crippen LogP) is 1.16. The number of nitrogens with zero attached hydrogens (tertiary/aromatic N) is 3. The molecule has 2 heterocycles. The zero-order valence-electron chi connectivity index (χ0n) is 28.8. The van der Waals surface area contributed by atoms with Gasteiger partial charge in [-0.2, -0.15) is 0 Å². The summed E-state index contributed by atoms with van der Waals surface area (Å²) in [5.41, 5.74) is 13.3. The van der Waals surface area contributed by atoms with Gasteiger partial charge >= 0.3 is 5.97 Å². The van der Waals surface area contributed by atoms with Gasteiger partial charge < -0.3 is 48.1 Å². The van der Waals surface area contributed by atoms with Crippen molar-refractivity contribution in [3.8, 4) is 0 Å². The van der Waals surface area contributed by atoms with Gasteiger partial charge in [-0.3, -0.25) is 24.6 Å². The predicted molar refractivity (Wildman–Crippen MR) is 196 cm³/mol. The summed E-state index contributed by atoms with van der Waals surface area (Å²) in [5, 5.41) is 18.9. The van der Waals surface area contributed by atoms with Crippen molar-refractivity contribution in [2.45, 2.75) is 89.8 Å². The third-order valence-electron chi connectivity index (χ3n) is 7.97. The van der Waals surface area contributed by atoms with Crippen LogP contribution in [0.15, 0.2) is 33.2 Å². The number of halogens is 1. The van der Waals surface area contributed by atoms with Crippen LogP contribution in [-0.4, -0.2) is 88.1 Å². The van der Waals surface area contributed by atoms with E-state index in [0.29, 0.717) is 51.0 Å². The molecule has 0 unspecified atom stereocenters. The molecule has 1 aromatic carbocycles. The van der Waals surface area contributed by atoms with Crippen LogP contribution >= 0.6 is 12.4 Å². The molecule has 15 nitrogen and oxygen atoms in total. The number of rotatable bonds is 22. The molecule has 49 heavy (non-hydrogen) atoms. The number of esters is 1. The van der Waals surface area contributed by atoms with Gasteiger partial charge in [-0.1, -0.05) is 44.6 Å². The van der Waals surface area contributed by atoms with Crippen molar-refractivity contribution in [2.24, 2.45) is 26.4 Å². The third kappa shape index (κ3) is 17.1. The number of benzene rings is 1. The Kier molecular flexibility index (Phi) is 20.0. The molecule has 1 aromatic rings.